The van der Waals surface area contributed by atoms with Gasteiger partial charge in [-0.15, -0.1) is 11.3 Å². The zero-order valence-electron chi connectivity index (χ0n) is 12.8. The van der Waals surface area contributed by atoms with Crippen LogP contribution < -0.4 is 15.8 Å². The molecule has 0 bridgehead atoms. The Kier molecular flexibility index (Phi) is 3.73. The van der Waals surface area contributed by atoms with Gasteiger partial charge in [0.1, 0.15) is 11.4 Å². The van der Waals surface area contributed by atoms with Crippen molar-refractivity contribution in [3.05, 3.63) is 52.0 Å². The topological polar surface area (TPSA) is 79.6 Å². The first-order valence-electron chi connectivity index (χ1n) is 7.69. The number of thiazole rings is 1. The van der Waals surface area contributed by atoms with Gasteiger partial charge in [-0.25, -0.2) is 9.97 Å². The zero-order valence-corrected chi connectivity index (χ0v) is 13.6. The molecule has 0 saturated carbocycles. The molecule has 0 spiro atoms. The predicted molar refractivity (Wildman–Crippen MR) is 93.0 cm³/mol. The van der Waals surface area contributed by atoms with Crippen molar-refractivity contribution < 1.29 is 4.79 Å². The third-order valence-electron chi connectivity index (χ3n) is 4.02. The third-order valence-corrected chi connectivity index (χ3v) is 4.79. The molecular weight excluding hydrogens is 326 g/mol. The first-order chi connectivity index (χ1) is 11.7. The highest BCUT2D eigenvalue weighted by molar-refractivity contribution is 7.15. The number of anilines is 2. The van der Waals surface area contributed by atoms with Crippen LogP contribution in [0.1, 0.15) is 23.2 Å². The SMILES string of the molecule is O=C(Nc1ccc(N2CCCC2)nc1)c1cnc2sccn2c1=O. The summed E-state index contributed by atoms with van der Waals surface area (Å²) < 4.78 is 1.37. The molecule has 0 unspecified atom stereocenters. The van der Waals surface area contributed by atoms with Gasteiger partial charge in [0.2, 0.25) is 0 Å². The van der Waals surface area contributed by atoms with Gasteiger partial charge >= 0.3 is 0 Å². The van der Waals surface area contributed by atoms with Crippen LogP contribution in [-0.2, 0) is 0 Å². The van der Waals surface area contributed by atoms with Gasteiger partial charge in [-0.2, -0.15) is 0 Å². The fraction of sp³-hybridized carbons (Fsp3) is 0.250. The van der Waals surface area contributed by atoms with Crippen LogP contribution in [-0.4, -0.2) is 33.4 Å². The van der Waals surface area contributed by atoms with E-state index >= 15 is 0 Å². The van der Waals surface area contributed by atoms with Crippen LogP contribution in [0.4, 0.5) is 11.5 Å². The maximum absolute atomic E-state index is 12.3. The minimum atomic E-state index is -0.483. The van der Waals surface area contributed by atoms with E-state index in [4.69, 9.17) is 0 Å². The van der Waals surface area contributed by atoms with Gasteiger partial charge in [0.05, 0.1) is 11.9 Å². The second-order valence-electron chi connectivity index (χ2n) is 5.59. The molecule has 0 radical (unpaired) electrons. The van der Waals surface area contributed by atoms with Crippen LogP contribution in [0.5, 0.6) is 0 Å². The number of amides is 1. The van der Waals surface area contributed by atoms with E-state index in [-0.39, 0.29) is 11.1 Å². The normalized spacial score (nSPS) is 14.2. The summed E-state index contributed by atoms with van der Waals surface area (Å²) in [4.78, 5) is 35.9. The van der Waals surface area contributed by atoms with E-state index in [9.17, 15) is 9.59 Å². The number of pyridine rings is 1. The van der Waals surface area contributed by atoms with Gasteiger partial charge in [-0.05, 0) is 25.0 Å². The summed E-state index contributed by atoms with van der Waals surface area (Å²) in [6.07, 6.45) is 6.90. The van der Waals surface area contributed by atoms with E-state index in [1.165, 1.54) is 34.8 Å². The molecule has 1 amide bonds. The first-order valence-corrected chi connectivity index (χ1v) is 8.57. The lowest BCUT2D eigenvalue weighted by molar-refractivity contribution is 0.102. The Hall–Kier alpha value is -2.74. The number of aromatic nitrogens is 3. The van der Waals surface area contributed by atoms with Crippen LogP contribution in [0, 0.1) is 0 Å². The van der Waals surface area contributed by atoms with Crippen molar-refractivity contribution in [2.24, 2.45) is 0 Å². The Morgan fingerprint density at radius 2 is 2.00 bits per heavy atom. The van der Waals surface area contributed by atoms with Crippen LogP contribution in [0.15, 0.2) is 40.9 Å². The lowest BCUT2D eigenvalue weighted by Gasteiger charge is -2.16. The summed E-state index contributed by atoms with van der Waals surface area (Å²) in [6, 6.07) is 3.68. The number of nitrogens with one attached hydrogen (secondary N) is 1. The Labute approximate surface area is 141 Å². The second kappa shape index (κ2) is 6.04. The van der Waals surface area contributed by atoms with E-state index in [1.807, 2.05) is 6.07 Å². The molecule has 1 aliphatic heterocycles. The van der Waals surface area contributed by atoms with Crippen molar-refractivity contribution in [3.63, 3.8) is 0 Å². The van der Waals surface area contributed by atoms with Gasteiger partial charge in [-0.3, -0.25) is 14.0 Å². The van der Waals surface area contributed by atoms with E-state index < -0.39 is 5.91 Å². The molecule has 1 saturated heterocycles. The standard InChI is InChI=1S/C16H15N5O2S/c22-14(12-10-18-16-21(15(12)23)7-8-24-16)19-11-3-4-13(17-9-11)20-5-1-2-6-20/h3-4,7-10H,1-2,5-6H2,(H,19,22). The van der Waals surface area contributed by atoms with Crippen LogP contribution in [0.3, 0.4) is 0 Å². The number of hydrogen-bond acceptors (Lipinski definition) is 6. The summed E-state index contributed by atoms with van der Waals surface area (Å²) in [7, 11) is 0. The molecule has 0 atom stereocenters. The number of hydrogen-bond donors (Lipinski definition) is 1. The summed E-state index contributed by atoms with van der Waals surface area (Å²) in [5.41, 5.74) is 0.188. The summed E-state index contributed by atoms with van der Waals surface area (Å²) >= 11 is 1.34. The zero-order chi connectivity index (χ0) is 16.5. The van der Waals surface area contributed by atoms with E-state index in [0.717, 1.165) is 18.9 Å². The number of carbonyl (C=O) groups excluding carboxylic acids is 1. The van der Waals surface area contributed by atoms with Gasteiger partial charge < -0.3 is 10.2 Å². The van der Waals surface area contributed by atoms with E-state index in [1.54, 1.807) is 23.8 Å². The molecule has 4 heterocycles. The maximum atomic E-state index is 12.3. The lowest BCUT2D eigenvalue weighted by atomic mass is 10.3. The molecule has 0 aromatic carbocycles. The van der Waals surface area contributed by atoms with Crippen LogP contribution in [0.25, 0.3) is 4.96 Å². The van der Waals surface area contributed by atoms with Gasteiger partial charge in [-0.1, -0.05) is 0 Å². The number of rotatable bonds is 3. The van der Waals surface area contributed by atoms with Crippen molar-refractivity contribution in [1.82, 2.24) is 14.4 Å². The largest absolute Gasteiger partial charge is 0.357 e. The van der Waals surface area contributed by atoms with Crippen molar-refractivity contribution in [1.29, 1.82) is 0 Å². The highest BCUT2D eigenvalue weighted by atomic mass is 32.1. The number of carbonyl (C=O) groups is 1. The molecule has 7 nitrogen and oxygen atoms in total. The molecule has 24 heavy (non-hydrogen) atoms. The molecule has 3 aromatic rings. The highest BCUT2D eigenvalue weighted by Crippen LogP contribution is 2.19. The molecule has 0 aliphatic carbocycles. The smallest absolute Gasteiger partial charge is 0.271 e. The highest BCUT2D eigenvalue weighted by Gasteiger charge is 2.16. The van der Waals surface area contributed by atoms with E-state index in [0.29, 0.717) is 10.6 Å². The Morgan fingerprint density at radius 3 is 2.75 bits per heavy atom. The van der Waals surface area contributed by atoms with Crippen molar-refractivity contribution in [2.75, 3.05) is 23.3 Å². The van der Waals surface area contributed by atoms with Crippen molar-refractivity contribution >= 4 is 33.7 Å². The predicted octanol–water partition coefficient (Wildman–Crippen LogP) is 2.00. The van der Waals surface area contributed by atoms with E-state index in [2.05, 4.69) is 20.2 Å². The average Bonchev–Trinajstić information content (AvgIpc) is 3.27. The van der Waals surface area contributed by atoms with Gasteiger partial charge in [0, 0.05) is 30.9 Å². The fourth-order valence-electron chi connectivity index (χ4n) is 2.77. The Balaban J connectivity index is 1.54. The van der Waals surface area contributed by atoms with Gasteiger partial charge in [0.25, 0.3) is 11.5 Å². The number of nitrogens with zero attached hydrogens (tertiary/aromatic N) is 4. The summed E-state index contributed by atoms with van der Waals surface area (Å²) in [6.45, 7) is 2.03. The second-order valence-corrected chi connectivity index (χ2v) is 6.46. The average molecular weight is 341 g/mol. The Morgan fingerprint density at radius 1 is 1.17 bits per heavy atom. The minimum Gasteiger partial charge on any atom is -0.357 e. The fourth-order valence-corrected chi connectivity index (χ4v) is 3.45. The quantitative estimate of drug-likeness (QED) is 0.788. The monoisotopic (exact) mass is 341 g/mol. The molecule has 8 heteroatoms. The first kappa shape index (κ1) is 14.8. The third kappa shape index (κ3) is 2.65. The van der Waals surface area contributed by atoms with Crippen LogP contribution >= 0.6 is 11.3 Å². The Bertz CT molecular complexity index is 941. The van der Waals surface area contributed by atoms with Crippen LogP contribution in [0.2, 0.25) is 0 Å². The summed E-state index contributed by atoms with van der Waals surface area (Å²) in [5, 5.41) is 4.46. The minimum absolute atomic E-state index is 0.00881. The molecule has 4 rings (SSSR count). The maximum Gasteiger partial charge on any atom is 0.271 e. The summed E-state index contributed by atoms with van der Waals surface area (Å²) in [5.74, 6) is 0.427. The van der Waals surface area contributed by atoms with Crippen molar-refractivity contribution in [2.45, 2.75) is 12.8 Å². The molecular formula is C16H15N5O2S. The van der Waals surface area contributed by atoms with Crippen molar-refractivity contribution in [3.8, 4) is 0 Å². The number of fused-ring (bicyclic) bond motifs is 1. The molecule has 1 N–H and O–H groups in total. The molecule has 3 aromatic heterocycles. The molecule has 1 aliphatic rings. The molecule has 122 valence electrons. The molecule has 1 fully saturated rings. The van der Waals surface area contributed by atoms with Gasteiger partial charge in [0.15, 0.2) is 4.96 Å². The lowest BCUT2D eigenvalue weighted by Crippen LogP contribution is -2.26.